The number of hydrogen-bond donors (Lipinski definition) is 0. The van der Waals surface area contributed by atoms with E-state index in [1.54, 1.807) is 12.1 Å². The molecule has 0 unspecified atom stereocenters. The summed E-state index contributed by atoms with van der Waals surface area (Å²) in [6.45, 7) is 2.96. The largest absolute Gasteiger partial charge is 0.485 e. The Morgan fingerprint density at radius 1 is 1.20 bits per heavy atom. The Morgan fingerprint density at radius 2 is 2.04 bits per heavy atom. The van der Waals surface area contributed by atoms with Gasteiger partial charge in [0.2, 0.25) is 0 Å². The van der Waals surface area contributed by atoms with Crippen molar-refractivity contribution in [1.29, 1.82) is 0 Å². The van der Waals surface area contributed by atoms with Crippen molar-refractivity contribution >= 4 is 28.8 Å². The number of benzene rings is 1. The molecule has 1 aromatic carbocycles. The van der Waals surface area contributed by atoms with Crippen molar-refractivity contribution in [3.63, 3.8) is 0 Å². The van der Waals surface area contributed by atoms with Gasteiger partial charge in [-0.15, -0.1) is 6.42 Å². The lowest BCUT2D eigenvalue weighted by Crippen LogP contribution is -2.01. The lowest BCUT2D eigenvalue weighted by molar-refractivity contribution is 0.149. The molecule has 2 aromatic heterocycles. The fraction of sp³-hybridized carbons (Fsp3) is 0.211. The van der Waals surface area contributed by atoms with Crippen molar-refractivity contribution in [3.8, 4) is 18.1 Å². The summed E-state index contributed by atoms with van der Waals surface area (Å²) in [5, 5.41) is 1.03. The molecule has 6 heteroatoms. The highest BCUT2D eigenvalue weighted by atomic mass is 35.5. The van der Waals surface area contributed by atoms with Crippen molar-refractivity contribution in [1.82, 2.24) is 9.38 Å². The summed E-state index contributed by atoms with van der Waals surface area (Å²) in [5.41, 5.74) is 3.49. The zero-order valence-electron chi connectivity index (χ0n) is 13.6. The van der Waals surface area contributed by atoms with E-state index in [0.29, 0.717) is 29.0 Å². The van der Waals surface area contributed by atoms with Gasteiger partial charge in [-0.1, -0.05) is 35.2 Å². The molecule has 25 heavy (non-hydrogen) atoms. The number of nitrogens with zero attached hydrogens (tertiary/aromatic N) is 2. The summed E-state index contributed by atoms with van der Waals surface area (Å²) in [7, 11) is 0. The fourth-order valence-electron chi connectivity index (χ4n) is 2.49. The van der Waals surface area contributed by atoms with Gasteiger partial charge in [-0.25, -0.2) is 4.98 Å². The molecule has 0 aliphatic rings. The van der Waals surface area contributed by atoms with E-state index in [4.69, 9.17) is 39.1 Å². The fourth-order valence-corrected chi connectivity index (χ4v) is 2.81. The second-order valence-corrected chi connectivity index (χ2v) is 6.26. The molecule has 3 aromatic rings. The summed E-state index contributed by atoms with van der Waals surface area (Å²) >= 11 is 12.0. The third kappa shape index (κ3) is 3.91. The van der Waals surface area contributed by atoms with Gasteiger partial charge in [0, 0.05) is 6.20 Å². The predicted molar refractivity (Wildman–Crippen MR) is 99.2 cm³/mol. The van der Waals surface area contributed by atoms with Crippen molar-refractivity contribution in [3.05, 3.63) is 63.5 Å². The average Bonchev–Trinajstić information content (AvgIpc) is 2.92. The van der Waals surface area contributed by atoms with Crippen LogP contribution in [0.15, 0.2) is 36.5 Å². The van der Waals surface area contributed by atoms with Crippen LogP contribution >= 0.6 is 23.2 Å². The highest BCUT2D eigenvalue weighted by Crippen LogP contribution is 2.26. The first kappa shape index (κ1) is 17.6. The minimum Gasteiger partial charge on any atom is -0.485 e. The van der Waals surface area contributed by atoms with Crippen molar-refractivity contribution in [2.75, 3.05) is 6.61 Å². The smallest absolute Gasteiger partial charge is 0.180 e. The molecule has 2 heterocycles. The molecule has 0 spiro atoms. The zero-order valence-corrected chi connectivity index (χ0v) is 15.1. The van der Waals surface area contributed by atoms with Crippen LogP contribution in [0.1, 0.15) is 17.0 Å². The van der Waals surface area contributed by atoms with Crippen LogP contribution in [0, 0.1) is 19.3 Å². The zero-order chi connectivity index (χ0) is 17.8. The lowest BCUT2D eigenvalue weighted by atomic mass is 10.2. The van der Waals surface area contributed by atoms with Crippen LogP contribution in [-0.4, -0.2) is 16.0 Å². The molecule has 0 aliphatic carbocycles. The Labute approximate surface area is 156 Å². The second-order valence-electron chi connectivity index (χ2n) is 5.44. The molecular formula is C19H16Cl2N2O2. The van der Waals surface area contributed by atoms with Gasteiger partial charge in [-0.3, -0.25) is 4.40 Å². The van der Waals surface area contributed by atoms with E-state index in [-0.39, 0.29) is 6.61 Å². The van der Waals surface area contributed by atoms with Gasteiger partial charge in [0.05, 0.1) is 28.0 Å². The third-order valence-corrected chi connectivity index (χ3v) is 4.45. The lowest BCUT2D eigenvalue weighted by Gasteiger charge is -2.09. The molecule has 128 valence electrons. The van der Waals surface area contributed by atoms with Crippen LogP contribution in [0.5, 0.6) is 5.75 Å². The van der Waals surface area contributed by atoms with Gasteiger partial charge < -0.3 is 9.47 Å². The highest BCUT2D eigenvalue weighted by molar-refractivity contribution is 6.42. The quantitative estimate of drug-likeness (QED) is 0.464. The molecule has 0 N–H and O–H groups in total. The maximum absolute atomic E-state index is 6.04. The van der Waals surface area contributed by atoms with E-state index in [2.05, 4.69) is 10.9 Å². The van der Waals surface area contributed by atoms with Gasteiger partial charge in [0.1, 0.15) is 13.2 Å². The van der Waals surface area contributed by atoms with E-state index in [1.165, 1.54) is 0 Å². The number of fused-ring (bicyclic) bond motifs is 1. The number of ether oxygens (including phenoxy) is 2. The Balaban J connectivity index is 1.83. The molecule has 0 saturated heterocycles. The molecule has 4 nitrogen and oxygen atoms in total. The maximum atomic E-state index is 6.04. The molecule has 3 rings (SSSR count). The van der Waals surface area contributed by atoms with Crippen LogP contribution in [0.4, 0.5) is 0 Å². The number of imidazole rings is 1. The second kappa shape index (κ2) is 7.79. The number of aryl methyl sites for hydroxylation is 1. The summed E-state index contributed by atoms with van der Waals surface area (Å²) in [6, 6.07) is 9.21. The molecule has 0 fully saturated rings. The van der Waals surface area contributed by atoms with Gasteiger partial charge in [-0.2, -0.15) is 0 Å². The molecule has 0 aliphatic heterocycles. The van der Waals surface area contributed by atoms with Gasteiger partial charge in [0.25, 0.3) is 0 Å². The Bertz CT molecular complexity index is 944. The van der Waals surface area contributed by atoms with Gasteiger partial charge in [0.15, 0.2) is 11.4 Å². The normalized spacial score (nSPS) is 10.8. The van der Waals surface area contributed by atoms with Crippen molar-refractivity contribution in [2.45, 2.75) is 20.1 Å². The first-order chi connectivity index (χ1) is 12.1. The Hall–Kier alpha value is -2.19. The molecule has 0 radical (unpaired) electrons. The Kier molecular flexibility index (Phi) is 5.50. The topological polar surface area (TPSA) is 35.8 Å². The number of pyridine rings is 1. The molecule has 0 atom stereocenters. The van der Waals surface area contributed by atoms with Crippen LogP contribution in [0.2, 0.25) is 10.0 Å². The monoisotopic (exact) mass is 374 g/mol. The van der Waals surface area contributed by atoms with Gasteiger partial charge >= 0.3 is 0 Å². The van der Waals surface area contributed by atoms with Gasteiger partial charge in [-0.05, 0) is 36.8 Å². The predicted octanol–water partition coefficient (Wildman–Crippen LogP) is 4.68. The summed E-state index contributed by atoms with van der Waals surface area (Å²) < 4.78 is 13.3. The molecular weight excluding hydrogens is 359 g/mol. The third-order valence-electron chi connectivity index (χ3n) is 3.72. The first-order valence-corrected chi connectivity index (χ1v) is 8.40. The van der Waals surface area contributed by atoms with Crippen LogP contribution in [-0.2, 0) is 18.0 Å². The highest BCUT2D eigenvalue weighted by Gasteiger charge is 2.13. The summed E-state index contributed by atoms with van der Waals surface area (Å²) in [4.78, 5) is 4.59. The van der Waals surface area contributed by atoms with Crippen LogP contribution < -0.4 is 4.74 Å². The standard InChI is InChI=1S/C19H16Cl2N2O2/c1-3-9-24-12-17-13(2)22-19-18(5-4-8-23(17)19)25-11-14-6-7-15(20)16(21)10-14/h1,4-8,10H,9,11-12H2,2H3. The summed E-state index contributed by atoms with van der Waals surface area (Å²) in [5.74, 6) is 3.14. The molecule has 0 amide bonds. The number of hydrogen-bond acceptors (Lipinski definition) is 3. The average molecular weight is 375 g/mol. The number of aromatic nitrogens is 2. The Morgan fingerprint density at radius 3 is 2.80 bits per heavy atom. The number of terminal acetylenes is 1. The first-order valence-electron chi connectivity index (χ1n) is 7.64. The van der Waals surface area contributed by atoms with Crippen LogP contribution in [0.25, 0.3) is 5.65 Å². The SMILES string of the molecule is C#CCOCc1c(C)nc2c(OCc3ccc(Cl)c(Cl)c3)cccn12. The number of rotatable bonds is 6. The maximum Gasteiger partial charge on any atom is 0.180 e. The van der Waals surface area contributed by atoms with Crippen molar-refractivity contribution < 1.29 is 9.47 Å². The van der Waals surface area contributed by atoms with Crippen LogP contribution in [0.3, 0.4) is 0 Å². The van der Waals surface area contributed by atoms with E-state index in [0.717, 1.165) is 22.6 Å². The molecule has 0 saturated carbocycles. The van der Waals surface area contributed by atoms with E-state index in [9.17, 15) is 0 Å². The van der Waals surface area contributed by atoms with E-state index in [1.807, 2.05) is 35.7 Å². The minimum atomic E-state index is 0.264. The minimum absolute atomic E-state index is 0.264. The van der Waals surface area contributed by atoms with Crippen molar-refractivity contribution in [2.24, 2.45) is 0 Å². The van der Waals surface area contributed by atoms with E-state index < -0.39 is 0 Å². The van der Waals surface area contributed by atoms with E-state index >= 15 is 0 Å². The number of halogens is 2. The molecule has 0 bridgehead atoms. The summed E-state index contributed by atoms with van der Waals surface area (Å²) in [6.07, 6.45) is 7.15.